The van der Waals surface area contributed by atoms with E-state index in [1.807, 2.05) is 37.3 Å². The van der Waals surface area contributed by atoms with Crippen LogP contribution in [0.4, 0.5) is 0 Å². The molecule has 3 heteroatoms. The maximum Gasteiger partial charge on any atom is 0.254 e. The highest BCUT2D eigenvalue weighted by Crippen LogP contribution is 2.36. The quantitative estimate of drug-likeness (QED) is 0.798. The second-order valence-electron chi connectivity index (χ2n) is 5.85. The summed E-state index contributed by atoms with van der Waals surface area (Å²) in [5.41, 5.74) is 4.48. The Morgan fingerprint density at radius 3 is 2.67 bits per heavy atom. The lowest BCUT2D eigenvalue weighted by Gasteiger charge is -2.35. The first-order valence-corrected chi connectivity index (χ1v) is 8.43. The van der Waals surface area contributed by atoms with Gasteiger partial charge in [-0.25, -0.2) is 0 Å². The largest absolute Gasteiger partial charge is 0.331 e. The zero-order valence-corrected chi connectivity index (χ0v) is 13.7. The van der Waals surface area contributed by atoms with E-state index in [0.717, 1.165) is 36.1 Å². The molecule has 0 aliphatic carbocycles. The van der Waals surface area contributed by atoms with Crippen LogP contribution in [0.15, 0.2) is 29.6 Å². The fraction of sp³-hybridized carbons (Fsp3) is 0.389. The van der Waals surface area contributed by atoms with E-state index in [2.05, 4.69) is 29.3 Å². The standard InChI is InChI=1S/C18H21NOS/c1-4-16-15-6-8-21-17(15)5-7-19(16)18(20)14-10-12(2)9-13(3)11-14/h6,8-11,16H,4-5,7H2,1-3H3. The van der Waals surface area contributed by atoms with E-state index < -0.39 is 0 Å². The van der Waals surface area contributed by atoms with Gasteiger partial charge in [-0.1, -0.05) is 24.1 Å². The van der Waals surface area contributed by atoms with Gasteiger partial charge >= 0.3 is 0 Å². The summed E-state index contributed by atoms with van der Waals surface area (Å²) in [6.45, 7) is 7.10. The maximum atomic E-state index is 12.9. The number of nitrogens with zero attached hydrogens (tertiary/aromatic N) is 1. The summed E-state index contributed by atoms with van der Waals surface area (Å²) in [6, 6.07) is 8.54. The zero-order chi connectivity index (χ0) is 15.0. The van der Waals surface area contributed by atoms with E-state index in [0.29, 0.717) is 0 Å². The van der Waals surface area contributed by atoms with Gasteiger partial charge in [0.2, 0.25) is 0 Å². The lowest BCUT2D eigenvalue weighted by Crippen LogP contribution is -2.39. The van der Waals surface area contributed by atoms with Crippen LogP contribution in [-0.2, 0) is 6.42 Å². The number of aryl methyl sites for hydroxylation is 2. The van der Waals surface area contributed by atoms with Crippen molar-refractivity contribution < 1.29 is 4.79 Å². The van der Waals surface area contributed by atoms with Gasteiger partial charge < -0.3 is 4.90 Å². The summed E-state index contributed by atoms with van der Waals surface area (Å²) in [6.07, 6.45) is 1.96. The molecule has 0 fully saturated rings. The molecule has 1 unspecified atom stereocenters. The fourth-order valence-electron chi connectivity index (χ4n) is 3.34. The first-order valence-electron chi connectivity index (χ1n) is 7.55. The Kier molecular flexibility index (Phi) is 3.85. The van der Waals surface area contributed by atoms with Crippen molar-refractivity contribution in [2.45, 2.75) is 39.7 Å². The molecule has 1 aliphatic rings. The average Bonchev–Trinajstić information content (AvgIpc) is 2.92. The van der Waals surface area contributed by atoms with E-state index in [9.17, 15) is 4.79 Å². The Bertz CT molecular complexity index is 653. The van der Waals surface area contributed by atoms with Crippen molar-refractivity contribution in [3.63, 3.8) is 0 Å². The molecule has 0 saturated heterocycles. The highest BCUT2D eigenvalue weighted by atomic mass is 32.1. The van der Waals surface area contributed by atoms with Crippen LogP contribution in [0.3, 0.4) is 0 Å². The molecular weight excluding hydrogens is 278 g/mol. The second-order valence-corrected chi connectivity index (χ2v) is 6.85. The van der Waals surface area contributed by atoms with Gasteiger partial charge in [-0.2, -0.15) is 0 Å². The Balaban J connectivity index is 1.94. The SMILES string of the molecule is CCC1c2ccsc2CCN1C(=O)c1cc(C)cc(C)c1. The Morgan fingerprint density at radius 2 is 2.00 bits per heavy atom. The molecule has 2 aromatic rings. The number of hydrogen-bond donors (Lipinski definition) is 0. The number of carbonyl (C=O) groups is 1. The molecule has 0 spiro atoms. The molecule has 0 N–H and O–H groups in total. The van der Waals surface area contributed by atoms with E-state index in [4.69, 9.17) is 0 Å². The number of benzene rings is 1. The van der Waals surface area contributed by atoms with Gasteiger partial charge in [-0.15, -0.1) is 11.3 Å². The normalized spacial score (nSPS) is 17.7. The van der Waals surface area contributed by atoms with Gasteiger partial charge in [0.1, 0.15) is 0 Å². The topological polar surface area (TPSA) is 20.3 Å². The number of thiophene rings is 1. The molecule has 3 rings (SSSR count). The van der Waals surface area contributed by atoms with Crippen molar-refractivity contribution in [1.29, 1.82) is 0 Å². The predicted octanol–water partition coefficient (Wildman–Crippen LogP) is 4.51. The molecular formula is C18H21NOS. The smallest absolute Gasteiger partial charge is 0.254 e. The van der Waals surface area contributed by atoms with Gasteiger partial charge in [0, 0.05) is 17.0 Å². The summed E-state index contributed by atoms with van der Waals surface area (Å²) in [5, 5.41) is 2.15. The van der Waals surface area contributed by atoms with Gasteiger partial charge in [-0.3, -0.25) is 4.79 Å². The van der Waals surface area contributed by atoms with E-state index in [1.165, 1.54) is 10.4 Å². The lowest BCUT2D eigenvalue weighted by atomic mass is 9.96. The molecule has 2 nitrogen and oxygen atoms in total. The van der Waals surface area contributed by atoms with Crippen LogP contribution in [0.25, 0.3) is 0 Å². The van der Waals surface area contributed by atoms with Crippen LogP contribution in [0.1, 0.15) is 51.3 Å². The van der Waals surface area contributed by atoms with E-state index in [1.54, 1.807) is 0 Å². The molecule has 1 aromatic heterocycles. The van der Waals surface area contributed by atoms with Crippen LogP contribution < -0.4 is 0 Å². The number of hydrogen-bond acceptors (Lipinski definition) is 2. The minimum atomic E-state index is 0.172. The molecule has 0 radical (unpaired) electrons. The number of rotatable bonds is 2. The van der Waals surface area contributed by atoms with Crippen LogP contribution in [0.2, 0.25) is 0 Å². The van der Waals surface area contributed by atoms with Crippen molar-refractivity contribution in [3.05, 3.63) is 56.8 Å². The Hall–Kier alpha value is -1.61. The number of fused-ring (bicyclic) bond motifs is 1. The molecule has 21 heavy (non-hydrogen) atoms. The van der Waals surface area contributed by atoms with Crippen molar-refractivity contribution in [3.8, 4) is 0 Å². The van der Waals surface area contributed by atoms with E-state index >= 15 is 0 Å². The van der Waals surface area contributed by atoms with Crippen LogP contribution in [0, 0.1) is 13.8 Å². The summed E-state index contributed by atoms with van der Waals surface area (Å²) in [7, 11) is 0. The molecule has 0 bridgehead atoms. The van der Waals surface area contributed by atoms with Crippen molar-refractivity contribution in [2.24, 2.45) is 0 Å². The maximum absolute atomic E-state index is 12.9. The van der Waals surface area contributed by atoms with Crippen molar-refractivity contribution in [2.75, 3.05) is 6.54 Å². The number of carbonyl (C=O) groups excluding carboxylic acids is 1. The van der Waals surface area contributed by atoms with Crippen LogP contribution in [0.5, 0.6) is 0 Å². The van der Waals surface area contributed by atoms with Gasteiger partial charge in [0.25, 0.3) is 5.91 Å². The summed E-state index contributed by atoms with van der Waals surface area (Å²) in [4.78, 5) is 16.4. The highest BCUT2D eigenvalue weighted by molar-refractivity contribution is 7.10. The summed E-state index contributed by atoms with van der Waals surface area (Å²) in [5.74, 6) is 0.172. The average molecular weight is 299 g/mol. The summed E-state index contributed by atoms with van der Waals surface area (Å²) < 4.78 is 0. The first kappa shape index (κ1) is 14.3. The fourth-order valence-corrected chi connectivity index (χ4v) is 4.27. The number of amides is 1. The summed E-state index contributed by atoms with van der Waals surface area (Å²) >= 11 is 1.82. The molecule has 110 valence electrons. The molecule has 1 aliphatic heterocycles. The molecule has 0 saturated carbocycles. The van der Waals surface area contributed by atoms with Gasteiger partial charge in [-0.05, 0) is 55.8 Å². The predicted molar refractivity (Wildman–Crippen MR) is 88.0 cm³/mol. The van der Waals surface area contributed by atoms with Crippen LogP contribution >= 0.6 is 11.3 Å². The minimum Gasteiger partial charge on any atom is -0.331 e. The highest BCUT2D eigenvalue weighted by Gasteiger charge is 2.30. The van der Waals surface area contributed by atoms with Crippen LogP contribution in [-0.4, -0.2) is 17.4 Å². The third-order valence-electron chi connectivity index (χ3n) is 4.21. The zero-order valence-electron chi connectivity index (χ0n) is 12.8. The third kappa shape index (κ3) is 2.62. The third-order valence-corrected chi connectivity index (χ3v) is 5.21. The van der Waals surface area contributed by atoms with Crippen molar-refractivity contribution >= 4 is 17.2 Å². The Labute approximate surface area is 130 Å². The molecule has 1 aromatic carbocycles. The van der Waals surface area contributed by atoms with E-state index in [-0.39, 0.29) is 11.9 Å². The monoisotopic (exact) mass is 299 g/mol. The van der Waals surface area contributed by atoms with Gasteiger partial charge in [0.15, 0.2) is 0 Å². The van der Waals surface area contributed by atoms with Gasteiger partial charge in [0.05, 0.1) is 6.04 Å². The first-order chi connectivity index (χ1) is 10.1. The minimum absolute atomic E-state index is 0.172. The Morgan fingerprint density at radius 1 is 1.29 bits per heavy atom. The van der Waals surface area contributed by atoms with Crippen molar-refractivity contribution in [1.82, 2.24) is 4.90 Å². The lowest BCUT2D eigenvalue weighted by molar-refractivity contribution is 0.0657. The molecule has 1 atom stereocenters. The molecule has 2 heterocycles. The second kappa shape index (κ2) is 5.64. The molecule has 1 amide bonds.